The van der Waals surface area contributed by atoms with Crippen LogP contribution in [0.15, 0.2) is 67.0 Å². The second kappa shape index (κ2) is 7.86. The van der Waals surface area contributed by atoms with Crippen molar-refractivity contribution in [1.29, 1.82) is 0 Å². The molecular formula is C23H24N4S. The van der Waals surface area contributed by atoms with Gasteiger partial charge in [-0.3, -0.25) is 4.90 Å². The molecule has 1 saturated heterocycles. The van der Waals surface area contributed by atoms with E-state index < -0.39 is 0 Å². The molecule has 3 heterocycles. The van der Waals surface area contributed by atoms with Crippen molar-refractivity contribution in [3.05, 3.63) is 83.4 Å². The maximum Gasteiger partial charge on any atom is 0.123 e. The van der Waals surface area contributed by atoms with Crippen LogP contribution in [-0.4, -0.2) is 32.5 Å². The lowest BCUT2D eigenvalue weighted by Gasteiger charge is -2.30. The summed E-state index contributed by atoms with van der Waals surface area (Å²) in [5, 5.41) is 1.31. The van der Waals surface area contributed by atoms with Crippen LogP contribution < -0.4 is 0 Å². The van der Waals surface area contributed by atoms with Gasteiger partial charge in [0.1, 0.15) is 5.82 Å². The number of hydrogen-bond donors (Lipinski definition) is 0. The third-order valence-corrected chi connectivity index (χ3v) is 6.81. The van der Waals surface area contributed by atoms with Gasteiger partial charge in [0, 0.05) is 24.9 Å². The van der Waals surface area contributed by atoms with E-state index in [2.05, 4.69) is 75.2 Å². The summed E-state index contributed by atoms with van der Waals surface area (Å²) in [4.78, 5) is 12.0. The van der Waals surface area contributed by atoms with E-state index in [9.17, 15) is 0 Å². The normalized spacial score (nSPS) is 16.0. The minimum absolute atomic E-state index is 0.595. The minimum atomic E-state index is 0.595. The molecule has 0 aliphatic carbocycles. The van der Waals surface area contributed by atoms with Crippen LogP contribution in [0.25, 0.3) is 10.2 Å². The average molecular weight is 389 g/mol. The Morgan fingerprint density at radius 3 is 2.54 bits per heavy atom. The van der Waals surface area contributed by atoms with Gasteiger partial charge in [-0.1, -0.05) is 42.5 Å². The molecule has 0 bridgehead atoms. The molecule has 0 amide bonds. The Morgan fingerprint density at radius 2 is 1.71 bits per heavy atom. The molecule has 5 heteroatoms. The first-order chi connectivity index (χ1) is 13.8. The SMILES string of the molecule is c1ccc(Cn2ccnc2CN2CCC(c3nc4ccccc4s3)CC2)cc1. The number of thiazole rings is 1. The zero-order valence-corrected chi connectivity index (χ0v) is 16.7. The Bertz CT molecular complexity index is 1010. The van der Waals surface area contributed by atoms with E-state index in [0.29, 0.717) is 5.92 Å². The standard InChI is InChI=1S/C23H24N4S/c1-2-6-18(7-3-1)16-27-15-12-24-22(27)17-26-13-10-19(11-14-26)23-25-20-8-4-5-9-21(20)28-23/h1-9,12,15,19H,10-11,13-14,16-17H2. The van der Waals surface area contributed by atoms with Crippen LogP contribution in [0.3, 0.4) is 0 Å². The molecule has 2 aromatic carbocycles. The lowest BCUT2D eigenvalue weighted by molar-refractivity contribution is 0.198. The van der Waals surface area contributed by atoms with Gasteiger partial charge < -0.3 is 4.57 Å². The number of rotatable bonds is 5. The van der Waals surface area contributed by atoms with E-state index in [1.807, 2.05) is 17.5 Å². The number of likely N-dealkylation sites (tertiary alicyclic amines) is 1. The molecule has 2 aromatic heterocycles. The summed E-state index contributed by atoms with van der Waals surface area (Å²) >= 11 is 1.87. The van der Waals surface area contributed by atoms with E-state index in [4.69, 9.17) is 4.98 Å². The third kappa shape index (κ3) is 3.73. The molecule has 1 aliphatic heterocycles. The molecule has 28 heavy (non-hydrogen) atoms. The van der Waals surface area contributed by atoms with Crippen molar-refractivity contribution in [3.63, 3.8) is 0 Å². The van der Waals surface area contributed by atoms with Gasteiger partial charge in [-0.15, -0.1) is 11.3 Å². The fourth-order valence-corrected chi connectivity index (χ4v) is 5.15. The quantitative estimate of drug-likeness (QED) is 0.487. The molecule has 1 aliphatic rings. The number of hydrogen-bond acceptors (Lipinski definition) is 4. The predicted octanol–water partition coefficient (Wildman–Crippen LogP) is 4.92. The van der Waals surface area contributed by atoms with E-state index in [1.54, 1.807) is 0 Å². The topological polar surface area (TPSA) is 34.0 Å². The third-order valence-electron chi connectivity index (χ3n) is 5.61. The fourth-order valence-electron chi connectivity index (χ4n) is 4.02. The van der Waals surface area contributed by atoms with Gasteiger partial charge >= 0.3 is 0 Å². The van der Waals surface area contributed by atoms with Crippen LogP contribution in [0.2, 0.25) is 0 Å². The number of para-hydroxylation sites is 1. The Hall–Kier alpha value is -2.50. The highest BCUT2D eigenvalue weighted by Crippen LogP contribution is 2.34. The second-order valence-electron chi connectivity index (χ2n) is 7.53. The van der Waals surface area contributed by atoms with Gasteiger partial charge in [0.15, 0.2) is 0 Å². The van der Waals surface area contributed by atoms with E-state index >= 15 is 0 Å². The zero-order valence-electron chi connectivity index (χ0n) is 15.9. The molecule has 4 aromatic rings. The number of aromatic nitrogens is 3. The molecule has 142 valence electrons. The summed E-state index contributed by atoms with van der Waals surface area (Å²) in [6.45, 7) is 4.03. The summed E-state index contributed by atoms with van der Waals surface area (Å²) < 4.78 is 3.58. The molecule has 0 saturated carbocycles. The number of fused-ring (bicyclic) bond motifs is 1. The Balaban J connectivity index is 1.21. The lowest BCUT2D eigenvalue weighted by Crippen LogP contribution is -2.33. The van der Waals surface area contributed by atoms with Crippen molar-refractivity contribution in [1.82, 2.24) is 19.4 Å². The van der Waals surface area contributed by atoms with Crippen LogP contribution in [0.1, 0.15) is 35.2 Å². The maximum absolute atomic E-state index is 4.88. The lowest BCUT2D eigenvalue weighted by atomic mass is 9.97. The number of benzene rings is 2. The molecular weight excluding hydrogens is 364 g/mol. The molecule has 0 radical (unpaired) electrons. The maximum atomic E-state index is 4.88. The fraction of sp³-hybridized carbons (Fsp3) is 0.304. The predicted molar refractivity (Wildman–Crippen MR) is 115 cm³/mol. The van der Waals surface area contributed by atoms with Gasteiger partial charge in [-0.25, -0.2) is 9.97 Å². The molecule has 0 spiro atoms. The zero-order chi connectivity index (χ0) is 18.8. The van der Waals surface area contributed by atoms with Gasteiger partial charge in [-0.2, -0.15) is 0 Å². The number of imidazole rings is 1. The van der Waals surface area contributed by atoms with Crippen LogP contribution in [0.5, 0.6) is 0 Å². The minimum Gasteiger partial charge on any atom is -0.329 e. The summed E-state index contributed by atoms with van der Waals surface area (Å²) in [6.07, 6.45) is 6.38. The smallest absolute Gasteiger partial charge is 0.123 e. The van der Waals surface area contributed by atoms with Gasteiger partial charge in [0.05, 0.1) is 21.8 Å². The summed E-state index contributed by atoms with van der Waals surface area (Å²) in [5.41, 5.74) is 2.46. The number of piperidine rings is 1. The molecule has 0 atom stereocenters. The molecule has 5 rings (SSSR count). The van der Waals surface area contributed by atoms with E-state index in [-0.39, 0.29) is 0 Å². The number of nitrogens with zero attached hydrogens (tertiary/aromatic N) is 4. The van der Waals surface area contributed by atoms with Crippen molar-refractivity contribution in [2.45, 2.75) is 31.8 Å². The Labute approximate surface area is 169 Å². The highest BCUT2D eigenvalue weighted by Gasteiger charge is 2.24. The first kappa shape index (κ1) is 17.6. The van der Waals surface area contributed by atoms with Gasteiger partial charge in [0.2, 0.25) is 0 Å². The Kier molecular flexibility index (Phi) is 4.93. The summed E-state index contributed by atoms with van der Waals surface area (Å²) in [7, 11) is 0. The van der Waals surface area contributed by atoms with Crippen LogP contribution >= 0.6 is 11.3 Å². The van der Waals surface area contributed by atoms with Crippen molar-refractivity contribution in [2.75, 3.05) is 13.1 Å². The van der Waals surface area contributed by atoms with Crippen molar-refractivity contribution in [2.24, 2.45) is 0 Å². The van der Waals surface area contributed by atoms with Crippen LogP contribution in [0, 0.1) is 0 Å². The monoisotopic (exact) mass is 388 g/mol. The van der Waals surface area contributed by atoms with Crippen LogP contribution in [-0.2, 0) is 13.1 Å². The molecule has 0 unspecified atom stereocenters. The summed E-state index contributed by atoms with van der Waals surface area (Å²) in [6, 6.07) is 19.1. The summed E-state index contributed by atoms with van der Waals surface area (Å²) in [5.74, 6) is 1.75. The molecule has 0 N–H and O–H groups in total. The highest BCUT2D eigenvalue weighted by atomic mass is 32.1. The van der Waals surface area contributed by atoms with E-state index in [1.165, 1.54) is 28.1 Å². The van der Waals surface area contributed by atoms with Crippen molar-refractivity contribution < 1.29 is 0 Å². The average Bonchev–Trinajstić information content (AvgIpc) is 3.36. The first-order valence-corrected chi connectivity index (χ1v) is 10.8. The van der Waals surface area contributed by atoms with E-state index in [0.717, 1.165) is 37.5 Å². The largest absolute Gasteiger partial charge is 0.329 e. The highest BCUT2D eigenvalue weighted by molar-refractivity contribution is 7.18. The second-order valence-corrected chi connectivity index (χ2v) is 8.59. The van der Waals surface area contributed by atoms with Crippen molar-refractivity contribution >= 4 is 21.6 Å². The van der Waals surface area contributed by atoms with Crippen LogP contribution in [0.4, 0.5) is 0 Å². The molecule has 1 fully saturated rings. The van der Waals surface area contributed by atoms with Gasteiger partial charge in [-0.05, 0) is 43.6 Å². The first-order valence-electron chi connectivity index (χ1n) is 9.97. The van der Waals surface area contributed by atoms with Crippen molar-refractivity contribution in [3.8, 4) is 0 Å². The Morgan fingerprint density at radius 1 is 0.929 bits per heavy atom. The molecule has 4 nitrogen and oxygen atoms in total. The van der Waals surface area contributed by atoms with Gasteiger partial charge in [0.25, 0.3) is 0 Å².